The average Bonchev–Trinajstić information content (AvgIpc) is 3.59. The summed E-state index contributed by atoms with van der Waals surface area (Å²) in [5, 5.41) is 10.4. The second kappa shape index (κ2) is 11.6. The van der Waals surface area contributed by atoms with Crippen molar-refractivity contribution < 1.29 is 17.6 Å². The van der Waals surface area contributed by atoms with Gasteiger partial charge in [0.1, 0.15) is 21.2 Å². The van der Waals surface area contributed by atoms with Crippen molar-refractivity contribution in [2.24, 2.45) is 5.92 Å². The third-order valence-corrected chi connectivity index (χ3v) is 8.03. The van der Waals surface area contributed by atoms with E-state index in [1.807, 2.05) is 50.2 Å². The van der Waals surface area contributed by atoms with Gasteiger partial charge in [0.15, 0.2) is 11.5 Å². The van der Waals surface area contributed by atoms with Crippen LogP contribution in [-0.2, 0) is 21.1 Å². The molecule has 0 radical (unpaired) electrons. The minimum absolute atomic E-state index is 0.0685. The predicted octanol–water partition coefficient (Wildman–Crippen LogP) is 5.94. The van der Waals surface area contributed by atoms with Crippen molar-refractivity contribution in [3.63, 3.8) is 0 Å². The lowest BCUT2D eigenvalue weighted by Crippen LogP contribution is -2.14. The third kappa shape index (κ3) is 6.35. The van der Waals surface area contributed by atoms with Gasteiger partial charge in [0.2, 0.25) is 5.91 Å². The van der Waals surface area contributed by atoms with Gasteiger partial charge in [-0.25, -0.2) is 22.8 Å². The first kappa shape index (κ1) is 29.1. The van der Waals surface area contributed by atoms with Gasteiger partial charge in [0.25, 0.3) is 0 Å². The van der Waals surface area contributed by atoms with E-state index in [1.165, 1.54) is 12.1 Å². The van der Waals surface area contributed by atoms with Crippen LogP contribution >= 0.6 is 0 Å². The number of halogens is 1. The van der Waals surface area contributed by atoms with Gasteiger partial charge in [-0.2, -0.15) is 5.10 Å². The summed E-state index contributed by atoms with van der Waals surface area (Å²) in [6.45, 7) is 3.97. The van der Waals surface area contributed by atoms with Crippen LogP contribution in [0.15, 0.2) is 67.0 Å². The molecular weight excluding hydrogens is 581 g/mol. The fourth-order valence-corrected chi connectivity index (χ4v) is 5.69. The molecule has 0 atom stereocenters. The summed E-state index contributed by atoms with van der Waals surface area (Å²) < 4.78 is 38.0. The molecule has 12 heteroatoms. The van der Waals surface area contributed by atoms with Crippen LogP contribution < -0.4 is 5.32 Å². The monoisotopic (exact) mass is 611 g/mol. The minimum atomic E-state index is -3.20. The number of fused-ring (bicyclic) bond motifs is 2. The SMILES string of the molecule is CC(C)CC(=O)Nc1cncc(-c2ccc3[nH]nc(-c4nc5c(-c6cc(F)cc(CCS(C)(=O)=O)c6)cccc5[nH]4)c3n2)c1. The molecule has 4 heterocycles. The molecule has 6 rings (SSSR count). The highest BCUT2D eigenvalue weighted by atomic mass is 32.2. The average molecular weight is 612 g/mol. The van der Waals surface area contributed by atoms with Gasteiger partial charge >= 0.3 is 0 Å². The van der Waals surface area contributed by atoms with E-state index in [0.717, 1.165) is 17.3 Å². The van der Waals surface area contributed by atoms with Crippen molar-refractivity contribution in [2.45, 2.75) is 26.7 Å². The Morgan fingerprint density at radius 3 is 2.61 bits per heavy atom. The Hall–Kier alpha value is -4.97. The van der Waals surface area contributed by atoms with Gasteiger partial charge in [0, 0.05) is 30.0 Å². The van der Waals surface area contributed by atoms with Crippen molar-refractivity contribution in [1.29, 1.82) is 0 Å². The summed E-state index contributed by atoms with van der Waals surface area (Å²) in [4.78, 5) is 29.6. The molecule has 0 aliphatic rings. The number of nitrogens with zero attached hydrogens (tertiary/aromatic N) is 4. The molecule has 0 bridgehead atoms. The molecule has 1 amide bonds. The van der Waals surface area contributed by atoms with E-state index in [-0.39, 0.29) is 24.0 Å². The first-order chi connectivity index (χ1) is 21.0. The Morgan fingerprint density at radius 2 is 1.82 bits per heavy atom. The van der Waals surface area contributed by atoms with E-state index in [9.17, 15) is 17.6 Å². The Bertz CT molecular complexity index is 2140. The number of hydrogen-bond donors (Lipinski definition) is 3. The van der Waals surface area contributed by atoms with Crippen LogP contribution in [-0.4, -0.2) is 56.5 Å². The fraction of sp³-hybridized carbons (Fsp3) is 0.219. The molecule has 3 N–H and O–H groups in total. The van der Waals surface area contributed by atoms with E-state index in [4.69, 9.17) is 9.97 Å². The normalized spacial score (nSPS) is 11.9. The van der Waals surface area contributed by atoms with Gasteiger partial charge in [-0.1, -0.05) is 32.0 Å². The maximum Gasteiger partial charge on any atom is 0.224 e. The Morgan fingerprint density at radius 1 is 0.977 bits per heavy atom. The van der Waals surface area contributed by atoms with E-state index >= 15 is 0 Å². The molecule has 6 aromatic rings. The largest absolute Gasteiger partial charge is 0.336 e. The second-order valence-corrected chi connectivity index (χ2v) is 13.5. The molecule has 0 spiro atoms. The standard InChI is InChI=1S/C32H30FN7O3S/c1-18(2)11-28(41)35-23-15-21(16-34-17-23)25-7-8-27-30(36-25)31(40-39-27)32-37-26-6-4-5-24(29(26)38-32)20-12-19(13-22(33)14-20)9-10-44(3,42)43/h4-8,12-18H,9-11H2,1-3H3,(H,35,41)(H,37,38)(H,39,40). The van der Waals surface area contributed by atoms with E-state index in [2.05, 4.69) is 25.5 Å². The molecule has 4 aromatic heterocycles. The van der Waals surface area contributed by atoms with Crippen molar-refractivity contribution >= 4 is 43.5 Å². The van der Waals surface area contributed by atoms with Crippen molar-refractivity contribution in [3.05, 3.63) is 78.4 Å². The number of aromatic nitrogens is 6. The van der Waals surface area contributed by atoms with Crippen molar-refractivity contribution in [1.82, 2.24) is 30.1 Å². The molecule has 0 unspecified atom stereocenters. The lowest BCUT2D eigenvalue weighted by molar-refractivity contribution is -0.116. The number of benzene rings is 2. The molecule has 2 aromatic carbocycles. The number of carbonyl (C=O) groups excluding carboxylic acids is 1. The van der Waals surface area contributed by atoms with Gasteiger partial charge in [-0.3, -0.25) is 14.9 Å². The number of imidazole rings is 1. The number of carbonyl (C=O) groups is 1. The van der Waals surface area contributed by atoms with Gasteiger partial charge in [0.05, 0.1) is 39.9 Å². The number of amides is 1. The fourth-order valence-electron chi connectivity index (χ4n) is 5.09. The van der Waals surface area contributed by atoms with Crippen LogP contribution in [0.3, 0.4) is 0 Å². The van der Waals surface area contributed by atoms with Crippen LogP contribution in [0, 0.1) is 11.7 Å². The van der Waals surface area contributed by atoms with Crippen LogP contribution in [0.5, 0.6) is 0 Å². The number of pyridine rings is 2. The topological polar surface area (TPSA) is 146 Å². The highest BCUT2D eigenvalue weighted by Gasteiger charge is 2.18. The highest BCUT2D eigenvalue weighted by molar-refractivity contribution is 7.90. The number of nitrogens with one attached hydrogen (secondary N) is 3. The summed E-state index contributed by atoms with van der Waals surface area (Å²) in [5.41, 5.74) is 6.98. The molecule has 0 aliphatic heterocycles. The van der Waals surface area contributed by atoms with Gasteiger partial charge < -0.3 is 10.3 Å². The molecule has 0 saturated carbocycles. The summed E-state index contributed by atoms with van der Waals surface area (Å²) in [7, 11) is -3.20. The van der Waals surface area contributed by atoms with E-state index in [0.29, 0.717) is 62.6 Å². The second-order valence-electron chi connectivity index (χ2n) is 11.3. The number of aromatic amines is 2. The predicted molar refractivity (Wildman–Crippen MR) is 169 cm³/mol. The molecule has 224 valence electrons. The lowest BCUT2D eigenvalue weighted by atomic mass is 10.0. The smallest absolute Gasteiger partial charge is 0.224 e. The first-order valence-electron chi connectivity index (χ1n) is 14.1. The number of sulfone groups is 1. The molecule has 0 saturated heterocycles. The zero-order valence-corrected chi connectivity index (χ0v) is 25.2. The number of rotatable bonds is 9. The van der Waals surface area contributed by atoms with Crippen molar-refractivity contribution in [2.75, 3.05) is 17.3 Å². The maximum absolute atomic E-state index is 14.6. The molecule has 44 heavy (non-hydrogen) atoms. The maximum atomic E-state index is 14.6. The Balaban J connectivity index is 1.36. The minimum Gasteiger partial charge on any atom is -0.336 e. The van der Waals surface area contributed by atoms with E-state index in [1.54, 1.807) is 18.5 Å². The van der Waals surface area contributed by atoms with Crippen molar-refractivity contribution in [3.8, 4) is 33.9 Å². The first-order valence-corrected chi connectivity index (χ1v) is 16.2. The lowest BCUT2D eigenvalue weighted by Gasteiger charge is -2.08. The number of para-hydroxylation sites is 1. The van der Waals surface area contributed by atoms with Crippen LogP contribution in [0.4, 0.5) is 10.1 Å². The zero-order valence-electron chi connectivity index (χ0n) is 24.3. The summed E-state index contributed by atoms with van der Waals surface area (Å²) >= 11 is 0. The highest BCUT2D eigenvalue weighted by Crippen LogP contribution is 2.33. The van der Waals surface area contributed by atoms with Gasteiger partial charge in [-0.05, 0) is 59.9 Å². The third-order valence-electron chi connectivity index (χ3n) is 7.09. The Kier molecular flexibility index (Phi) is 7.68. The number of anilines is 1. The summed E-state index contributed by atoms with van der Waals surface area (Å²) in [6.07, 6.45) is 5.07. The zero-order chi connectivity index (χ0) is 31.0. The number of hydrogen-bond acceptors (Lipinski definition) is 7. The van der Waals surface area contributed by atoms with Crippen LogP contribution in [0.1, 0.15) is 25.8 Å². The van der Waals surface area contributed by atoms with Crippen LogP contribution in [0.2, 0.25) is 0 Å². The quantitative estimate of drug-likeness (QED) is 0.183. The molecule has 0 aliphatic carbocycles. The van der Waals surface area contributed by atoms with Gasteiger partial charge in [-0.15, -0.1) is 0 Å². The molecule has 0 fully saturated rings. The number of H-pyrrole nitrogens is 2. The van der Waals surface area contributed by atoms with Crippen LogP contribution in [0.25, 0.3) is 56.0 Å². The summed E-state index contributed by atoms with van der Waals surface area (Å²) in [6, 6.07) is 15.7. The van der Waals surface area contributed by atoms with E-state index < -0.39 is 15.7 Å². The number of aryl methyl sites for hydroxylation is 1. The Labute approximate surface area is 253 Å². The summed E-state index contributed by atoms with van der Waals surface area (Å²) in [5.74, 6) is 0.118. The molecular formula is C32H30FN7O3S. The molecule has 10 nitrogen and oxygen atoms in total.